The third-order valence-corrected chi connectivity index (χ3v) is 1.25. The van der Waals surface area contributed by atoms with E-state index in [1.54, 1.807) is 14.0 Å². The zero-order valence-electron chi connectivity index (χ0n) is 4.33. The molecule has 0 spiro atoms. The molecule has 0 amide bonds. The summed E-state index contributed by atoms with van der Waals surface area (Å²) >= 11 is 3.11. The number of nitrogens with one attached hydrogen (secondary N) is 1. The molecule has 3 heteroatoms. The molecule has 1 N–H and O–H groups in total. The molecule has 7 heavy (non-hydrogen) atoms. The van der Waals surface area contributed by atoms with Crippen LogP contribution < -0.4 is 5.32 Å². The normalized spacial score (nSPS) is 17.4. The van der Waals surface area contributed by atoms with E-state index in [0.717, 1.165) is 0 Å². The van der Waals surface area contributed by atoms with Gasteiger partial charge in [-0.1, -0.05) is 15.9 Å². The molecule has 0 aliphatic heterocycles. The van der Waals surface area contributed by atoms with E-state index in [0.29, 0.717) is 0 Å². The maximum absolute atomic E-state index is 8.23. The van der Waals surface area contributed by atoms with Gasteiger partial charge >= 0.3 is 0 Å². The fourth-order valence-electron chi connectivity index (χ4n) is 0.0559. The van der Waals surface area contributed by atoms with Crippen LogP contribution in [0.4, 0.5) is 0 Å². The minimum Gasteiger partial charge on any atom is -0.294 e. The van der Waals surface area contributed by atoms with Crippen molar-refractivity contribution in [2.75, 3.05) is 7.05 Å². The van der Waals surface area contributed by atoms with Gasteiger partial charge in [-0.05, 0) is 14.0 Å². The number of rotatable bonds is 1. The average molecular weight is 163 g/mol. The van der Waals surface area contributed by atoms with Crippen molar-refractivity contribution in [1.29, 1.82) is 5.26 Å². The quantitative estimate of drug-likeness (QED) is 0.459. The molecule has 0 aromatic carbocycles. The largest absolute Gasteiger partial charge is 0.294 e. The summed E-state index contributed by atoms with van der Waals surface area (Å²) in [5, 5.41) is 11.0. The van der Waals surface area contributed by atoms with Gasteiger partial charge in [-0.25, -0.2) is 0 Å². The van der Waals surface area contributed by atoms with Gasteiger partial charge in [0.25, 0.3) is 0 Å². The highest BCUT2D eigenvalue weighted by molar-refractivity contribution is 9.10. The minimum absolute atomic E-state index is 0.549. The molecule has 0 saturated carbocycles. The number of nitrogens with zero attached hydrogens (tertiary/aromatic N) is 1. The predicted octanol–water partition coefficient (Wildman–Crippen LogP) is 0.840. The highest BCUT2D eigenvalue weighted by atomic mass is 79.9. The van der Waals surface area contributed by atoms with Gasteiger partial charge in [-0.2, -0.15) is 5.26 Å². The van der Waals surface area contributed by atoms with Crippen molar-refractivity contribution in [2.45, 2.75) is 11.4 Å². The summed E-state index contributed by atoms with van der Waals surface area (Å²) in [6.07, 6.45) is 0. The van der Waals surface area contributed by atoms with Crippen molar-refractivity contribution in [3.05, 3.63) is 0 Å². The fourth-order valence-corrected chi connectivity index (χ4v) is 0.0559. The Morgan fingerprint density at radius 1 is 1.86 bits per heavy atom. The van der Waals surface area contributed by atoms with E-state index in [9.17, 15) is 0 Å². The average Bonchev–Trinajstić information content (AvgIpc) is 1.68. The second-order valence-corrected chi connectivity index (χ2v) is 2.95. The first-order valence-electron chi connectivity index (χ1n) is 1.91. The molecule has 0 aromatic heterocycles. The van der Waals surface area contributed by atoms with E-state index >= 15 is 0 Å². The van der Waals surface area contributed by atoms with Crippen molar-refractivity contribution < 1.29 is 0 Å². The smallest absolute Gasteiger partial charge is 0.159 e. The predicted molar refractivity (Wildman–Crippen MR) is 32.0 cm³/mol. The fraction of sp³-hybridized carbons (Fsp3) is 0.750. The van der Waals surface area contributed by atoms with E-state index in [4.69, 9.17) is 5.26 Å². The monoisotopic (exact) mass is 162 g/mol. The number of hydrogen-bond donors (Lipinski definition) is 1. The second kappa shape index (κ2) is 2.29. The van der Waals surface area contributed by atoms with Gasteiger partial charge in [-0.3, -0.25) is 5.32 Å². The topological polar surface area (TPSA) is 35.8 Å². The van der Waals surface area contributed by atoms with Crippen molar-refractivity contribution in [3.8, 4) is 6.07 Å². The summed E-state index contributed by atoms with van der Waals surface area (Å²) < 4.78 is -0.549. The molecule has 1 unspecified atom stereocenters. The Bertz CT molecular complexity index is 92.4. The zero-order valence-corrected chi connectivity index (χ0v) is 5.91. The Balaban J connectivity index is 3.66. The van der Waals surface area contributed by atoms with Crippen LogP contribution in [0.5, 0.6) is 0 Å². The number of halogens is 1. The lowest BCUT2D eigenvalue weighted by Crippen LogP contribution is -2.30. The Hall–Kier alpha value is -0.0700. The Labute approximate surface area is 51.6 Å². The van der Waals surface area contributed by atoms with Gasteiger partial charge in [0.15, 0.2) is 4.45 Å². The highest BCUT2D eigenvalue weighted by Crippen LogP contribution is 2.08. The van der Waals surface area contributed by atoms with Gasteiger partial charge in [0.05, 0.1) is 6.07 Å². The SMILES string of the molecule is CNC(C)(Br)C#N. The van der Waals surface area contributed by atoms with E-state index in [1.807, 2.05) is 6.07 Å². The van der Waals surface area contributed by atoms with Crippen LogP contribution in [0.3, 0.4) is 0 Å². The van der Waals surface area contributed by atoms with E-state index in [-0.39, 0.29) is 0 Å². The maximum Gasteiger partial charge on any atom is 0.159 e. The Kier molecular flexibility index (Phi) is 2.27. The van der Waals surface area contributed by atoms with Crippen LogP contribution in [0.25, 0.3) is 0 Å². The van der Waals surface area contributed by atoms with Crippen molar-refractivity contribution in [2.24, 2.45) is 0 Å². The Morgan fingerprint density at radius 3 is 2.29 bits per heavy atom. The first kappa shape index (κ1) is 6.93. The van der Waals surface area contributed by atoms with Gasteiger partial charge in [0.2, 0.25) is 0 Å². The van der Waals surface area contributed by atoms with Gasteiger partial charge in [0, 0.05) is 0 Å². The van der Waals surface area contributed by atoms with Crippen LogP contribution >= 0.6 is 15.9 Å². The van der Waals surface area contributed by atoms with Crippen LogP contribution in [0, 0.1) is 11.3 Å². The maximum atomic E-state index is 8.23. The molecular formula is C4H7BrN2. The molecule has 2 nitrogen and oxygen atoms in total. The first-order valence-corrected chi connectivity index (χ1v) is 2.71. The summed E-state index contributed by atoms with van der Waals surface area (Å²) in [6.45, 7) is 1.74. The third-order valence-electron chi connectivity index (χ3n) is 0.679. The molecule has 1 atom stereocenters. The van der Waals surface area contributed by atoms with E-state index in [1.165, 1.54) is 0 Å². The minimum atomic E-state index is -0.549. The molecular weight excluding hydrogens is 156 g/mol. The van der Waals surface area contributed by atoms with Crippen molar-refractivity contribution in [1.82, 2.24) is 5.32 Å². The van der Waals surface area contributed by atoms with Crippen LogP contribution in [0.15, 0.2) is 0 Å². The van der Waals surface area contributed by atoms with Crippen molar-refractivity contribution in [3.63, 3.8) is 0 Å². The summed E-state index contributed by atoms with van der Waals surface area (Å²) in [7, 11) is 1.72. The number of nitriles is 1. The van der Waals surface area contributed by atoms with Crippen LogP contribution in [-0.2, 0) is 0 Å². The lowest BCUT2D eigenvalue weighted by molar-refractivity contribution is 0.698. The molecule has 0 rings (SSSR count). The first-order chi connectivity index (χ1) is 3.12. The summed E-state index contributed by atoms with van der Waals surface area (Å²) in [6, 6.07) is 2.00. The summed E-state index contributed by atoms with van der Waals surface area (Å²) in [4.78, 5) is 0. The summed E-state index contributed by atoms with van der Waals surface area (Å²) in [5.41, 5.74) is 0. The highest BCUT2D eigenvalue weighted by Gasteiger charge is 2.13. The van der Waals surface area contributed by atoms with Gasteiger partial charge in [-0.15, -0.1) is 0 Å². The molecule has 40 valence electrons. The lowest BCUT2D eigenvalue weighted by Gasteiger charge is -2.08. The second-order valence-electron chi connectivity index (χ2n) is 1.36. The molecule has 0 bridgehead atoms. The molecule has 0 saturated heterocycles. The number of hydrogen-bond acceptors (Lipinski definition) is 2. The summed E-state index contributed by atoms with van der Waals surface area (Å²) in [5.74, 6) is 0. The molecule has 0 aliphatic rings. The molecule has 0 radical (unpaired) electrons. The van der Waals surface area contributed by atoms with Crippen LogP contribution in [0.2, 0.25) is 0 Å². The zero-order chi connectivity index (χ0) is 5.91. The third kappa shape index (κ3) is 2.60. The van der Waals surface area contributed by atoms with Crippen molar-refractivity contribution >= 4 is 15.9 Å². The molecule has 0 aliphatic carbocycles. The lowest BCUT2D eigenvalue weighted by atomic mass is 10.4. The molecule has 0 heterocycles. The van der Waals surface area contributed by atoms with Gasteiger partial charge in [0.1, 0.15) is 0 Å². The molecule has 0 aromatic rings. The Morgan fingerprint density at radius 2 is 2.29 bits per heavy atom. The van der Waals surface area contributed by atoms with E-state index in [2.05, 4.69) is 21.2 Å². The van der Waals surface area contributed by atoms with Crippen LogP contribution in [0.1, 0.15) is 6.92 Å². The van der Waals surface area contributed by atoms with Gasteiger partial charge < -0.3 is 0 Å². The van der Waals surface area contributed by atoms with E-state index < -0.39 is 4.45 Å². The number of alkyl halides is 1. The van der Waals surface area contributed by atoms with Crippen LogP contribution in [-0.4, -0.2) is 11.5 Å². The molecule has 0 fully saturated rings. The standard InChI is InChI=1S/C4H7BrN2/c1-4(5,3-6)7-2/h7H,1-2H3.